The van der Waals surface area contributed by atoms with E-state index in [0.717, 1.165) is 19.3 Å². The first-order valence-corrected chi connectivity index (χ1v) is 12.6. The highest BCUT2D eigenvalue weighted by Crippen LogP contribution is 2.66. The average Bonchev–Trinajstić information content (AvgIpc) is 3.51. The highest BCUT2D eigenvalue weighted by Gasteiger charge is 2.67. The minimum absolute atomic E-state index is 0.0513. The first-order chi connectivity index (χ1) is 16.1. The van der Waals surface area contributed by atoms with E-state index in [4.69, 9.17) is 18.9 Å². The molecule has 0 radical (unpaired) electrons. The number of hydrogen-bond donors (Lipinski definition) is 1. The number of fused-ring (bicyclic) bond motifs is 1. The second-order valence-corrected chi connectivity index (χ2v) is 10.9. The molecule has 4 fully saturated rings. The van der Waals surface area contributed by atoms with E-state index in [0.29, 0.717) is 31.4 Å². The van der Waals surface area contributed by atoms with E-state index < -0.39 is 17.5 Å². The van der Waals surface area contributed by atoms with Crippen LogP contribution in [0.4, 0.5) is 0 Å². The van der Waals surface area contributed by atoms with Crippen LogP contribution < -0.4 is 0 Å². The van der Waals surface area contributed by atoms with Gasteiger partial charge >= 0.3 is 17.9 Å². The van der Waals surface area contributed by atoms with Gasteiger partial charge in [-0.25, -0.2) is 4.79 Å². The SMILES string of the molecule is CCC(=O)O[C@@H]1COC(=O)/C1=C/CC1[C@]2(CCC3[C@]1(C)CC[C@@H](OC(=O)CC)[C@@]3(C)CO)CO2. The summed E-state index contributed by atoms with van der Waals surface area (Å²) in [4.78, 5) is 36.3. The Labute approximate surface area is 201 Å². The molecule has 1 spiro atoms. The second-order valence-electron chi connectivity index (χ2n) is 10.9. The Hall–Kier alpha value is -1.93. The summed E-state index contributed by atoms with van der Waals surface area (Å²) in [6.07, 6.45) is 5.30. The Kier molecular flexibility index (Phi) is 6.86. The van der Waals surface area contributed by atoms with E-state index in [2.05, 4.69) is 6.92 Å². The normalized spacial score (nSPS) is 42.3. The zero-order valence-electron chi connectivity index (χ0n) is 20.8. The van der Waals surface area contributed by atoms with Crippen molar-refractivity contribution in [1.29, 1.82) is 0 Å². The van der Waals surface area contributed by atoms with Gasteiger partial charge in [-0.3, -0.25) is 9.59 Å². The van der Waals surface area contributed by atoms with Crippen LogP contribution in [0.15, 0.2) is 11.6 Å². The maximum Gasteiger partial charge on any atom is 0.337 e. The minimum Gasteiger partial charge on any atom is -0.462 e. The Morgan fingerprint density at radius 2 is 1.79 bits per heavy atom. The summed E-state index contributed by atoms with van der Waals surface area (Å²) < 4.78 is 22.5. The fourth-order valence-electron chi connectivity index (χ4n) is 6.99. The van der Waals surface area contributed by atoms with Crippen LogP contribution in [0.5, 0.6) is 0 Å². The molecule has 2 aliphatic carbocycles. The number of epoxide rings is 1. The lowest BCUT2D eigenvalue weighted by Gasteiger charge is -2.61. The molecule has 34 heavy (non-hydrogen) atoms. The van der Waals surface area contributed by atoms with Crippen LogP contribution in [0.1, 0.15) is 72.6 Å². The van der Waals surface area contributed by atoms with Gasteiger partial charge < -0.3 is 24.1 Å². The zero-order chi connectivity index (χ0) is 24.7. The number of cyclic esters (lactones) is 1. The molecule has 2 unspecified atom stereocenters. The lowest BCUT2D eigenvalue weighted by molar-refractivity contribution is -0.197. The van der Waals surface area contributed by atoms with Crippen LogP contribution in [0.25, 0.3) is 0 Å². The third-order valence-electron chi connectivity index (χ3n) is 9.06. The van der Waals surface area contributed by atoms with Gasteiger partial charge in [0.2, 0.25) is 0 Å². The molecule has 2 saturated heterocycles. The number of aliphatic hydroxyl groups is 1. The van der Waals surface area contributed by atoms with Crippen molar-refractivity contribution in [3.05, 3.63) is 11.6 Å². The van der Waals surface area contributed by atoms with E-state index in [9.17, 15) is 19.5 Å². The maximum atomic E-state index is 12.4. The lowest BCUT2D eigenvalue weighted by atomic mass is 9.45. The van der Waals surface area contributed by atoms with Gasteiger partial charge in [0.15, 0.2) is 6.10 Å². The number of esters is 3. The van der Waals surface area contributed by atoms with Crippen LogP contribution in [0.3, 0.4) is 0 Å². The molecule has 4 rings (SSSR count). The molecule has 0 bridgehead atoms. The van der Waals surface area contributed by atoms with Gasteiger partial charge in [0.05, 0.1) is 24.4 Å². The highest BCUT2D eigenvalue weighted by atomic mass is 16.6. The topological polar surface area (TPSA) is 112 Å². The first-order valence-electron chi connectivity index (χ1n) is 12.6. The van der Waals surface area contributed by atoms with Crippen molar-refractivity contribution in [3.8, 4) is 0 Å². The monoisotopic (exact) mass is 478 g/mol. The molecular weight excluding hydrogens is 440 g/mol. The number of carbonyl (C=O) groups is 3. The Bertz CT molecular complexity index is 861. The number of rotatable bonds is 7. The Balaban J connectivity index is 1.60. The molecule has 1 N–H and O–H groups in total. The third-order valence-corrected chi connectivity index (χ3v) is 9.06. The molecule has 0 aromatic carbocycles. The van der Waals surface area contributed by atoms with Crippen LogP contribution in [-0.2, 0) is 33.3 Å². The van der Waals surface area contributed by atoms with Crippen molar-refractivity contribution in [1.82, 2.24) is 0 Å². The van der Waals surface area contributed by atoms with Gasteiger partial charge in [0, 0.05) is 18.3 Å². The van der Waals surface area contributed by atoms with Gasteiger partial charge in [-0.15, -0.1) is 0 Å². The van der Waals surface area contributed by atoms with E-state index in [-0.39, 0.29) is 60.5 Å². The summed E-state index contributed by atoms with van der Waals surface area (Å²) in [5.41, 5.74) is -0.551. The van der Waals surface area contributed by atoms with Crippen LogP contribution in [-0.4, -0.2) is 60.6 Å². The number of ether oxygens (including phenoxy) is 4. The van der Waals surface area contributed by atoms with E-state index in [1.807, 2.05) is 13.0 Å². The summed E-state index contributed by atoms with van der Waals surface area (Å²) in [6, 6.07) is 0. The number of aliphatic hydroxyl groups excluding tert-OH is 1. The molecule has 4 aliphatic rings. The molecule has 2 saturated carbocycles. The predicted molar refractivity (Wildman–Crippen MR) is 121 cm³/mol. The summed E-state index contributed by atoms with van der Waals surface area (Å²) >= 11 is 0. The maximum absolute atomic E-state index is 12.4. The number of hydrogen-bond acceptors (Lipinski definition) is 8. The fourth-order valence-corrected chi connectivity index (χ4v) is 6.99. The van der Waals surface area contributed by atoms with Crippen molar-refractivity contribution in [3.63, 3.8) is 0 Å². The van der Waals surface area contributed by atoms with Crippen molar-refractivity contribution >= 4 is 17.9 Å². The van der Waals surface area contributed by atoms with Gasteiger partial charge in [0.1, 0.15) is 12.7 Å². The van der Waals surface area contributed by atoms with Crippen LogP contribution in [0.2, 0.25) is 0 Å². The third kappa shape index (κ3) is 4.17. The summed E-state index contributed by atoms with van der Waals surface area (Å²) in [6.45, 7) is 8.48. The smallest absolute Gasteiger partial charge is 0.337 e. The highest BCUT2D eigenvalue weighted by molar-refractivity contribution is 5.92. The van der Waals surface area contributed by atoms with Gasteiger partial charge in [-0.1, -0.05) is 33.8 Å². The lowest BCUT2D eigenvalue weighted by Crippen LogP contribution is -2.61. The van der Waals surface area contributed by atoms with Gasteiger partial charge in [0.25, 0.3) is 0 Å². The molecule has 8 nitrogen and oxygen atoms in total. The summed E-state index contributed by atoms with van der Waals surface area (Å²) in [5.74, 6) is -0.779. The van der Waals surface area contributed by atoms with Gasteiger partial charge in [-0.05, 0) is 49.4 Å². The number of allylic oxidation sites excluding steroid dienone is 1. The van der Waals surface area contributed by atoms with E-state index >= 15 is 0 Å². The van der Waals surface area contributed by atoms with Crippen LogP contribution in [0, 0.1) is 22.7 Å². The van der Waals surface area contributed by atoms with E-state index in [1.165, 1.54) is 0 Å². The quantitative estimate of drug-likeness (QED) is 0.257. The fraction of sp³-hybridized carbons (Fsp3) is 0.808. The van der Waals surface area contributed by atoms with Crippen molar-refractivity contribution in [2.45, 2.75) is 90.4 Å². The molecule has 2 aliphatic heterocycles. The average molecular weight is 479 g/mol. The summed E-state index contributed by atoms with van der Waals surface area (Å²) in [5, 5.41) is 10.5. The molecule has 2 heterocycles. The van der Waals surface area contributed by atoms with E-state index in [1.54, 1.807) is 13.8 Å². The van der Waals surface area contributed by atoms with Crippen molar-refractivity contribution in [2.75, 3.05) is 19.8 Å². The molecule has 7 atom stereocenters. The minimum atomic E-state index is -0.671. The Morgan fingerprint density at radius 3 is 2.41 bits per heavy atom. The van der Waals surface area contributed by atoms with Crippen molar-refractivity contribution in [2.24, 2.45) is 22.7 Å². The number of carbonyl (C=O) groups excluding carboxylic acids is 3. The molecule has 8 heteroatoms. The largest absolute Gasteiger partial charge is 0.462 e. The molecule has 0 amide bonds. The molecule has 0 aromatic rings. The summed E-state index contributed by atoms with van der Waals surface area (Å²) in [7, 11) is 0. The van der Waals surface area contributed by atoms with Crippen molar-refractivity contribution < 1.29 is 38.4 Å². The predicted octanol–water partition coefficient (Wildman–Crippen LogP) is 3.10. The Morgan fingerprint density at radius 1 is 1.12 bits per heavy atom. The van der Waals surface area contributed by atoms with Crippen LogP contribution >= 0.6 is 0 Å². The first kappa shape index (κ1) is 25.2. The second kappa shape index (κ2) is 9.26. The zero-order valence-corrected chi connectivity index (χ0v) is 20.8. The standard InChI is InChI=1S/C26H38O8/c1-5-21(28)33-17-13-31-23(30)16(17)7-8-19-24(3)11-10-20(34-22(29)6-2)25(4,14-27)18(24)9-12-26(19)15-32-26/h7,17-20,27H,5-6,8-15H2,1-4H3/b16-7+/t17-,18?,19?,20-,24+,25+,26+/m1/s1. The van der Waals surface area contributed by atoms with Gasteiger partial charge in [-0.2, -0.15) is 0 Å². The molecule has 190 valence electrons. The molecule has 0 aromatic heterocycles. The molecular formula is C26H38O8.